The number of nitrogens with one attached hydrogen (secondary N) is 2. The van der Waals surface area contributed by atoms with E-state index in [1.54, 1.807) is 6.92 Å². The predicted octanol–water partition coefficient (Wildman–Crippen LogP) is -0.566. The van der Waals surface area contributed by atoms with E-state index in [0.29, 0.717) is 39.1 Å². The van der Waals surface area contributed by atoms with Crippen LogP contribution in [0.4, 0.5) is 0 Å². The van der Waals surface area contributed by atoms with Crippen LogP contribution in [0.1, 0.15) is 19.8 Å². The quantitative estimate of drug-likeness (QED) is 0.483. The lowest BCUT2D eigenvalue weighted by Gasteiger charge is -2.22. The van der Waals surface area contributed by atoms with Crippen LogP contribution in [0.3, 0.4) is 0 Å². The lowest BCUT2D eigenvalue weighted by atomic mass is 10.2. The Morgan fingerprint density at radius 3 is 3.00 bits per heavy atom. The first-order valence-electron chi connectivity index (χ1n) is 5.99. The van der Waals surface area contributed by atoms with Crippen LogP contribution in [0.5, 0.6) is 0 Å². The lowest BCUT2D eigenvalue weighted by molar-refractivity contribution is -0.143. The molecule has 0 aromatic heterocycles. The van der Waals surface area contributed by atoms with E-state index >= 15 is 0 Å². The molecule has 6 nitrogen and oxygen atoms in total. The molecule has 0 aromatic rings. The van der Waals surface area contributed by atoms with Gasteiger partial charge in [0.25, 0.3) is 0 Å². The van der Waals surface area contributed by atoms with Crippen molar-refractivity contribution in [1.82, 2.24) is 10.6 Å². The van der Waals surface area contributed by atoms with Gasteiger partial charge in [0.05, 0.1) is 13.2 Å². The van der Waals surface area contributed by atoms with E-state index in [1.807, 2.05) is 0 Å². The van der Waals surface area contributed by atoms with Crippen LogP contribution < -0.4 is 10.6 Å². The minimum atomic E-state index is -0.411. The molecular weight excluding hydrogens is 224 g/mol. The standard InChI is InChI=1S/C11H20N2O4/c1-2-16-10(14)4-3-5-13-11(15)9-8-12-6-7-17-9/h9,12H,2-8H2,1H3,(H,13,15). The number of esters is 1. The summed E-state index contributed by atoms with van der Waals surface area (Å²) in [7, 11) is 0. The molecule has 0 aromatic carbocycles. The molecule has 1 atom stereocenters. The monoisotopic (exact) mass is 244 g/mol. The second-order valence-electron chi connectivity index (χ2n) is 3.76. The van der Waals surface area contributed by atoms with Crippen LogP contribution in [0.25, 0.3) is 0 Å². The van der Waals surface area contributed by atoms with E-state index < -0.39 is 6.10 Å². The fraction of sp³-hybridized carbons (Fsp3) is 0.818. The molecule has 1 fully saturated rings. The Hall–Kier alpha value is -1.14. The van der Waals surface area contributed by atoms with Crippen molar-refractivity contribution in [2.24, 2.45) is 0 Å². The zero-order chi connectivity index (χ0) is 12.5. The topological polar surface area (TPSA) is 76.7 Å². The number of rotatable bonds is 6. The second kappa shape index (κ2) is 8.03. The molecule has 0 aliphatic carbocycles. The highest BCUT2D eigenvalue weighted by Crippen LogP contribution is 1.97. The molecule has 17 heavy (non-hydrogen) atoms. The van der Waals surface area contributed by atoms with Crippen molar-refractivity contribution in [3.8, 4) is 0 Å². The smallest absolute Gasteiger partial charge is 0.305 e. The zero-order valence-electron chi connectivity index (χ0n) is 10.2. The molecule has 0 saturated carbocycles. The summed E-state index contributed by atoms with van der Waals surface area (Å²) in [6.07, 6.45) is 0.508. The molecule has 0 bridgehead atoms. The van der Waals surface area contributed by atoms with Gasteiger partial charge in [0.15, 0.2) is 0 Å². The zero-order valence-corrected chi connectivity index (χ0v) is 10.2. The molecule has 98 valence electrons. The summed E-state index contributed by atoms with van der Waals surface area (Å²) in [6, 6.07) is 0. The van der Waals surface area contributed by atoms with Crippen molar-refractivity contribution >= 4 is 11.9 Å². The van der Waals surface area contributed by atoms with Gasteiger partial charge in [-0.2, -0.15) is 0 Å². The highest BCUT2D eigenvalue weighted by atomic mass is 16.5. The number of ether oxygens (including phenoxy) is 2. The van der Waals surface area contributed by atoms with Crippen LogP contribution in [0, 0.1) is 0 Å². The van der Waals surface area contributed by atoms with Gasteiger partial charge in [-0.05, 0) is 13.3 Å². The van der Waals surface area contributed by atoms with Crippen LogP contribution in [0.15, 0.2) is 0 Å². The average Bonchev–Trinajstić information content (AvgIpc) is 2.36. The molecule has 1 unspecified atom stereocenters. The van der Waals surface area contributed by atoms with Crippen LogP contribution in [0.2, 0.25) is 0 Å². The summed E-state index contributed by atoms with van der Waals surface area (Å²) in [4.78, 5) is 22.6. The fourth-order valence-electron chi connectivity index (χ4n) is 1.53. The number of morpholine rings is 1. The summed E-state index contributed by atoms with van der Waals surface area (Å²) < 4.78 is 10.1. The maximum atomic E-state index is 11.6. The van der Waals surface area contributed by atoms with Gasteiger partial charge in [-0.1, -0.05) is 0 Å². The Morgan fingerprint density at radius 1 is 1.53 bits per heavy atom. The molecule has 1 aliphatic rings. The van der Waals surface area contributed by atoms with Gasteiger partial charge in [0.2, 0.25) is 5.91 Å². The fourth-order valence-corrected chi connectivity index (χ4v) is 1.53. The third-order valence-corrected chi connectivity index (χ3v) is 2.38. The van der Waals surface area contributed by atoms with E-state index in [-0.39, 0.29) is 11.9 Å². The van der Waals surface area contributed by atoms with E-state index in [9.17, 15) is 9.59 Å². The van der Waals surface area contributed by atoms with Gasteiger partial charge in [0.1, 0.15) is 6.10 Å². The molecule has 1 aliphatic heterocycles. The summed E-state index contributed by atoms with van der Waals surface area (Å²) in [5.41, 5.74) is 0. The maximum absolute atomic E-state index is 11.6. The van der Waals surface area contributed by atoms with E-state index in [4.69, 9.17) is 9.47 Å². The molecule has 6 heteroatoms. The molecular formula is C11H20N2O4. The van der Waals surface area contributed by atoms with E-state index in [0.717, 1.165) is 6.54 Å². The number of carbonyl (C=O) groups excluding carboxylic acids is 2. The van der Waals surface area contributed by atoms with Crippen molar-refractivity contribution in [2.45, 2.75) is 25.9 Å². The predicted molar refractivity (Wildman–Crippen MR) is 61.5 cm³/mol. The SMILES string of the molecule is CCOC(=O)CCCNC(=O)C1CNCCO1. The van der Waals surface area contributed by atoms with Crippen LogP contribution in [-0.4, -0.2) is 50.8 Å². The van der Waals surface area contributed by atoms with Crippen molar-refractivity contribution in [2.75, 3.05) is 32.8 Å². The normalized spacial score (nSPS) is 19.7. The minimum absolute atomic E-state index is 0.124. The number of carbonyl (C=O) groups is 2. The summed E-state index contributed by atoms with van der Waals surface area (Å²) in [5.74, 6) is -0.349. The van der Waals surface area contributed by atoms with Crippen molar-refractivity contribution in [3.05, 3.63) is 0 Å². The highest BCUT2D eigenvalue weighted by molar-refractivity contribution is 5.81. The lowest BCUT2D eigenvalue weighted by Crippen LogP contribution is -2.48. The number of hydrogen-bond donors (Lipinski definition) is 2. The molecule has 0 radical (unpaired) electrons. The Bertz CT molecular complexity index is 252. The van der Waals surface area contributed by atoms with Crippen LogP contribution in [-0.2, 0) is 19.1 Å². The highest BCUT2D eigenvalue weighted by Gasteiger charge is 2.20. The Morgan fingerprint density at radius 2 is 2.35 bits per heavy atom. The first-order chi connectivity index (χ1) is 8.24. The molecule has 1 rings (SSSR count). The van der Waals surface area contributed by atoms with Crippen LogP contribution >= 0.6 is 0 Å². The molecule has 1 heterocycles. The first-order valence-corrected chi connectivity index (χ1v) is 5.99. The number of hydrogen-bond acceptors (Lipinski definition) is 5. The van der Waals surface area contributed by atoms with Gasteiger partial charge < -0.3 is 20.1 Å². The Labute approximate surface area is 101 Å². The van der Waals surface area contributed by atoms with Crippen molar-refractivity contribution < 1.29 is 19.1 Å². The third-order valence-electron chi connectivity index (χ3n) is 2.38. The van der Waals surface area contributed by atoms with Gasteiger partial charge in [-0.3, -0.25) is 9.59 Å². The second-order valence-corrected chi connectivity index (χ2v) is 3.76. The largest absolute Gasteiger partial charge is 0.466 e. The van der Waals surface area contributed by atoms with Crippen molar-refractivity contribution in [3.63, 3.8) is 0 Å². The Kier molecular flexibility index (Phi) is 6.57. The molecule has 2 N–H and O–H groups in total. The maximum Gasteiger partial charge on any atom is 0.305 e. The third kappa shape index (κ3) is 5.65. The molecule has 1 saturated heterocycles. The minimum Gasteiger partial charge on any atom is -0.466 e. The average molecular weight is 244 g/mol. The van der Waals surface area contributed by atoms with Crippen molar-refractivity contribution in [1.29, 1.82) is 0 Å². The van der Waals surface area contributed by atoms with E-state index in [2.05, 4.69) is 10.6 Å². The van der Waals surface area contributed by atoms with Gasteiger partial charge in [-0.25, -0.2) is 0 Å². The molecule has 0 spiro atoms. The van der Waals surface area contributed by atoms with Gasteiger partial charge >= 0.3 is 5.97 Å². The summed E-state index contributed by atoms with van der Waals surface area (Å²) >= 11 is 0. The van der Waals surface area contributed by atoms with Gasteiger partial charge in [0, 0.05) is 26.1 Å². The Balaban J connectivity index is 2.05. The summed E-state index contributed by atoms with van der Waals surface area (Å²) in [5, 5.41) is 5.82. The first kappa shape index (κ1) is 13.9. The molecule has 1 amide bonds. The number of amides is 1. The van der Waals surface area contributed by atoms with Gasteiger partial charge in [-0.15, -0.1) is 0 Å². The summed E-state index contributed by atoms with van der Waals surface area (Å²) in [6.45, 7) is 4.52. The van der Waals surface area contributed by atoms with E-state index in [1.165, 1.54) is 0 Å².